The van der Waals surface area contributed by atoms with Crippen LogP contribution in [0.5, 0.6) is 11.5 Å². The summed E-state index contributed by atoms with van der Waals surface area (Å²) in [6, 6.07) is 13.5. The van der Waals surface area contributed by atoms with Crippen molar-refractivity contribution >= 4 is 27.5 Å². The summed E-state index contributed by atoms with van der Waals surface area (Å²) >= 11 is 3.44. The van der Waals surface area contributed by atoms with Gasteiger partial charge in [-0.3, -0.25) is 4.79 Å². The van der Waals surface area contributed by atoms with E-state index in [0.717, 1.165) is 27.4 Å². The monoisotopic (exact) mass is 405 g/mol. The number of carbonyl (C=O) groups excluding carboxylic acids is 1. The van der Waals surface area contributed by atoms with Crippen LogP contribution >= 0.6 is 15.9 Å². The first-order chi connectivity index (χ1) is 12.0. The van der Waals surface area contributed by atoms with Crippen LogP contribution in [0.2, 0.25) is 0 Å². The molecular weight excluding hydrogens is 384 g/mol. The number of carbonyl (C=O) groups is 1. The van der Waals surface area contributed by atoms with Crippen molar-refractivity contribution in [1.29, 1.82) is 0 Å². The lowest BCUT2D eigenvalue weighted by atomic mass is 10.2. The fourth-order valence-corrected chi connectivity index (χ4v) is 2.94. The van der Waals surface area contributed by atoms with Crippen molar-refractivity contribution < 1.29 is 19.2 Å². The molecule has 25 heavy (non-hydrogen) atoms. The predicted octanol–water partition coefficient (Wildman–Crippen LogP) is 2.26. The molecule has 5 nitrogen and oxygen atoms in total. The molecule has 0 fully saturated rings. The molecule has 0 spiro atoms. The minimum Gasteiger partial charge on any atom is -0.486 e. The molecule has 0 radical (unpaired) electrons. The molecule has 3 rings (SSSR count). The summed E-state index contributed by atoms with van der Waals surface area (Å²) in [6.07, 6.45) is 0. The van der Waals surface area contributed by atoms with Gasteiger partial charge in [-0.25, -0.2) is 0 Å². The van der Waals surface area contributed by atoms with Gasteiger partial charge in [-0.05, 0) is 31.2 Å². The van der Waals surface area contributed by atoms with E-state index in [1.54, 1.807) is 0 Å². The van der Waals surface area contributed by atoms with E-state index >= 15 is 0 Å². The fourth-order valence-electron chi connectivity index (χ4n) is 2.67. The van der Waals surface area contributed by atoms with Crippen molar-refractivity contribution in [2.45, 2.75) is 19.5 Å². The Morgan fingerprint density at radius 1 is 1.16 bits per heavy atom. The van der Waals surface area contributed by atoms with E-state index in [0.29, 0.717) is 19.0 Å². The molecule has 0 saturated carbocycles. The fraction of sp³-hybridized carbons (Fsp3) is 0.316. The second kappa shape index (κ2) is 7.89. The highest BCUT2D eigenvalue weighted by atomic mass is 79.9. The Kier molecular flexibility index (Phi) is 5.60. The maximum absolute atomic E-state index is 12.6. The van der Waals surface area contributed by atoms with Gasteiger partial charge in [-0.2, -0.15) is 0 Å². The molecule has 1 amide bonds. The maximum atomic E-state index is 12.6. The molecule has 1 aliphatic heterocycles. The van der Waals surface area contributed by atoms with Gasteiger partial charge in [0.05, 0.1) is 7.05 Å². The van der Waals surface area contributed by atoms with Crippen molar-refractivity contribution in [1.82, 2.24) is 0 Å². The number of hydrogen-bond donors (Lipinski definition) is 2. The summed E-state index contributed by atoms with van der Waals surface area (Å²) in [7, 11) is 2.02. The van der Waals surface area contributed by atoms with E-state index in [-0.39, 0.29) is 11.9 Å². The molecule has 2 aromatic rings. The summed E-state index contributed by atoms with van der Waals surface area (Å²) in [6.45, 7) is 3.80. The molecule has 0 aromatic heterocycles. The van der Waals surface area contributed by atoms with Gasteiger partial charge in [0.1, 0.15) is 19.8 Å². The molecule has 6 heteroatoms. The summed E-state index contributed by atoms with van der Waals surface area (Å²) in [5.41, 5.74) is 1.91. The normalized spacial score (nSPS) is 15.3. The van der Waals surface area contributed by atoms with Crippen molar-refractivity contribution in [2.24, 2.45) is 0 Å². The molecule has 1 aliphatic rings. The van der Waals surface area contributed by atoms with Gasteiger partial charge in [0.15, 0.2) is 17.5 Å². The van der Waals surface area contributed by atoms with Crippen LogP contribution in [0.3, 0.4) is 0 Å². The van der Waals surface area contributed by atoms with Gasteiger partial charge >= 0.3 is 0 Å². The zero-order valence-electron chi connectivity index (χ0n) is 14.3. The number of rotatable bonds is 5. The number of hydrogen-bond acceptors (Lipinski definition) is 3. The Labute approximate surface area is 156 Å². The Morgan fingerprint density at radius 3 is 2.56 bits per heavy atom. The minimum absolute atomic E-state index is 0.0220. The average Bonchev–Trinajstić information content (AvgIpc) is 2.62. The molecule has 2 aromatic carbocycles. The lowest BCUT2D eigenvalue weighted by Gasteiger charge is -2.22. The van der Waals surface area contributed by atoms with E-state index in [1.807, 2.05) is 44.3 Å². The van der Waals surface area contributed by atoms with Gasteiger partial charge < -0.3 is 19.7 Å². The van der Waals surface area contributed by atoms with Crippen molar-refractivity contribution in [3.05, 3.63) is 52.5 Å². The van der Waals surface area contributed by atoms with E-state index < -0.39 is 0 Å². The summed E-state index contributed by atoms with van der Waals surface area (Å²) < 4.78 is 12.1. The summed E-state index contributed by atoms with van der Waals surface area (Å²) in [5, 5.41) is 2.96. The Balaban J connectivity index is 1.60. The molecule has 0 aliphatic carbocycles. The van der Waals surface area contributed by atoms with Crippen LogP contribution in [-0.2, 0) is 11.3 Å². The highest BCUT2D eigenvalue weighted by Crippen LogP contribution is 2.32. The number of quaternary nitrogens is 1. The molecule has 2 N–H and O–H groups in total. The lowest BCUT2D eigenvalue weighted by Crippen LogP contribution is -3.12. The molecule has 0 bridgehead atoms. The largest absolute Gasteiger partial charge is 0.486 e. The third-order valence-corrected chi connectivity index (χ3v) is 4.87. The zero-order chi connectivity index (χ0) is 17.8. The third-order valence-electron chi connectivity index (χ3n) is 4.34. The second-order valence-electron chi connectivity index (χ2n) is 6.22. The van der Waals surface area contributed by atoms with E-state index in [1.165, 1.54) is 5.56 Å². The number of anilines is 1. The second-order valence-corrected chi connectivity index (χ2v) is 7.13. The van der Waals surface area contributed by atoms with E-state index in [9.17, 15) is 4.79 Å². The number of halogens is 1. The van der Waals surface area contributed by atoms with Crippen LogP contribution in [0.4, 0.5) is 5.69 Å². The smallest absolute Gasteiger partial charge is 0.282 e. The Morgan fingerprint density at radius 2 is 1.84 bits per heavy atom. The van der Waals surface area contributed by atoms with Crippen molar-refractivity contribution in [2.75, 3.05) is 25.6 Å². The molecule has 0 saturated heterocycles. The molecule has 1 unspecified atom stereocenters. The number of benzene rings is 2. The number of likely N-dealkylation sites (N-methyl/N-ethyl adjacent to an activating group) is 1. The lowest BCUT2D eigenvalue weighted by molar-refractivity contribution is -0.907. The van der Waals surface area contributed by atoms with Gasteiger partial charge in [-0.1, -0.05) is 28.1 Å². The summed E-state index contributed by atoms with van der Waals surface area (Å²) in [5.74, 6) is 1.37. The SMILES string of the molecule is C[C@H](C(=O)Nc1ccc2c(c1)OCCO2)[NH+](C)Cc1ccc(Br)cc1. The van der Waals surface area contributed by atoms with Gasteiger partial charge in [0, 0.05) is 21.8 Å². The first-order valence-electron chi connectivity index (χ1n) is 8.30. The van der Waals surface area contributed by atoms with E-state index in [2.05, 4.69) is 33.4 Å². The highest BCUT2D eigenvalue weighted by molar-refractivity contribution is 9.10. The van der Waals surface area contributed by atoms with E-state index in [4.69, 9.17) is 9.47 Å². The van der Waals surface area contributed by atoms with Crippen LogP contribution in [0.1, 0.15) is 12.5 Å². The first kappa shape index (κ1) is 17.8. The van der Waals surface area contributed by atoms with Crippen LogP contribution in [0, 0.1) is 0 Å². The molecule has 1 heterocycles. The zero-order valence-corrected chi connectivity index (χ0v) is 15.9. The number of amides is 1. The van der Waals surface area contributed by atoms with Crippen LogP contribution in [0.15, 0.2) is 46.9 Å². The molecule has 2 atom stereocenters. The maximum Gasteiger partial charge on any atom is 0.282 e. The van der Waals surface area contributed by atoms with Crippen molar-refractivity contribution in [3.8, 4) is 11.5 Å². The molecule has 132 valence electrons. The van der Waals surface area contributed by atoms with Gasteiger partial charge in [0.2, 0.25) is 0 Å². The van der Waals surface area contributed by atoms with Crippen LogP contribution < -0.4 is 19.7 Å². The van der Waals surface area contributed by atoms with Gasteiger partial charge in [0.25, 0.3) is 5.91 Å². The highest BCUT2D eigenvalue weighted by Gasteiger charge is 2.22. The summed E-state index contributed by atoms with van der Waals surface area (Å²) in [4.78, 5) is 13.7. The van der Waals surface area contributed by atoms with Crippen molar-refractivity contribution in [3.63, 3.8) is 0 Å². The molecular formula is C19H22BrN2O3+. The standard InChI is InChI=1S/C19H21BrN2O3/c1-13(22(2)12-14-3-5-15(20)6-4-14)19(23)21-16-7-8-17-18(11-16)25-10-9-24-17/h3-8,11,13H,9-10,12H2,1-2H3,(H,21,23)/p+1/t13-/m1/s1. The number of ether oxygens (including phenoxy) is 2. The topological polar surface area (TPSA) is 52.0 Å². The first-order valence-corrected chi connectivity index (χ1v) is 9.09. The minimum atomic E-state index is -0.183. The van der Waals surface area contributed by atoms with Crippen LogP contribution in [-0.4, -0.2) is 32.2 Å². The average molecular weight is 406 g/mol. The number of fused-ring (bicyclic) bond motifs is 1. The Bertz CT molecular complexity index is 749. The van der Waals surface area contributed by atoms with Crippen LogP contribution in [0.25, 0.3) is 0 Å². The predicted molar refractivity (Wildman–Crippen MR) is 100 cm³/mol. The van der Waals surface area contributed by atoms with Gasteiger partial charge in [-0.15, -0.1) is 0 Å². The third kappa shape index (κ3) is 4.52. The number of nitrogens with one attached hydrogen (secondary N) is 2. The quantitative estimate of drug-likeness (QED) is 0.801. The Hall–Kier alpha value is -2.05.